The van der Waals surface area contributed by atoms with Gasteiger partial charge in [-0.1, -0.05) is 5.21 Å². The molecule has 0 unspecified atom stereocenters. The maximum absolute atomic E-state index is 12.0. The normalized spacial score (nSPS) is 12.7. The second kappa shape index (κ2) is 5.47. The van der Waals surface area contributed by atoms with Gasteiger partial charge in [0.05, 0.1) is 37.2 Å². The zero-order valence-electron chi connectivity index (χ0n) is 12.1. The summed E-state index contributed by atoms with van der Waals surface area (Å²) in [6.45, 7) is 1.93. The van der Waals surface area contributed by atoms with E-state index in [0.717, 1.165) is 0 Å². The molecule has 0 fully saturated rings. The van der Waals surface area contributed by atoms with E-state index in [9.17, 15) is 9.59 Å². The molecular weight excluding hydrogens is 288 g/mol. The number of carbonyl (C=O) groups is 2. The number of rotatable bonds is 3. The lowest BCUT2D eigenvalue weighted by molar-refractivity contribution is -0.115. The molecule has 8 heteroatoms. The van der Waals surface area contributed by atoms with Crippen LogP contribution >= 0.6 is 0 Å². The molecule has 2 heterocycles. The predicted molar refractivity (Wildman–Crippen MR) is 76.2 cm³/mol. The molecule has 0 saturated carbocycles. The van der Waals surface area contributed by atoms with Crippen molar-refractivity contribution in [1.82, 2.24) is 15.0 Å². The van der Waals surface area contributed by atoms with E-state index < -0.39 is 5.97 Å². The summed E-state index contributed by atoms with van der Waals surface area (Å²) in [7, 11) is 1.54. The lowest BCUT2D eigenvalue weighted by Crippen LogP contribution is -2.16. The van der Waals surface area contributed by atoms with Gasteiger partial charge in [-0.2, -0.15) is 0 Å². The van der Waals surface area contributed by atoms with E-state index in [2.05, 4.69) is 15.6 Å². The van der Waals surface area contributed by atoms with Crippen LogP contribution in [-0.2, 0) is 16.0 Å². The molecule has 22 heavy (non-hydrogen) atoms. The number of fused-ring (bicyclic) bond motifs is 3. The van der Waals surface area contributed by atoms with Gasteiger partial charge in [0.1, 0.15) is 5.75 Å². The van der Waals surface area contributed by atoms with Crippen LogP contribution in [0.3, 0.4) is 0 Å². The van der Waals surface area contributed by atoms with Crippen LogP contribution in [0.4, 0.5) is 5.69 Å². The number of carbonyl (C=O) groups excluding carboxylic acids is 2. The van der Waals surface area contributed by atoms with E-state index in [1.54, 1.807) is 32.2 Å². The van der Waals surface area contributed by atoms with Gasteiger partial charge in [0, 0.05) is 6.07 Å². The molecule has 1 aliphatic heterocycles. The number of ether oxygens (including phenoxy) is 2. The summed E-state index contributed by atoms with van der Waals surface area (Å²) in [4.78, 5) is 24.0. The van der Waals surface area contributed by atoms with Crippen molar-refractivity contribution in [3.63, 3.8) is 0 Å². The first-order chi connectivity index (χ1) is 10.6. The van der Waals surface area contributed by atoms with E-state index in [1.807, 2.05) is 0 Å². The van der Waals surface area contributed by atoms with Gasteiger partial charge >= 0.3 is 5.97 Å². The largest absolute Gasteiger partial charge is 0.497 e. The molecule has 0 saturated heterocycles. The summed E-state index contributed by atoms with van der Waals surface area (Å²) >= 11 is 0. The van der Waals surface area contributed by atoms with Crippen molar-refractivity contribution in [2.45, 2.75) is 13.3 Å². The summed E-state index contributed by atoms with van der Waals surface area (Å²) in [6.07, 6.45) is -0.0157. The third-order valence-electron chi connectivity index (χ3n) is 3.27. The number of hydrogen-bond donors (Lipinski definition) is 1. The van der Waals surface area contributed by atoms with Crippen molar-refractivity contribution in [3.8, 4) is 11.4 Å². The first kappa shape index (κ1) is 14.1. The Morgan fingerprint density at radius 2 is 2.27 bits per heavy atom. The minimum Gasteiger partial charge on any atom is -0.497 e. The van der Waals surface area contributed by atoms with Crippen molar-refractivity contribution in [3.05, 3.63) is 29.6 Å². The summed E-state index contributed by atoms with van der Waals surface area (Å²) in [6, 6.07) is 5.16. The zero-order valence-corrected chi connectivity index (χ0v) is 12.1. The third kappa shape index (κ3) is 2.28. The van der Waals surface area contributed by atoms with Crippen molar-refractivity contribution in [1.29, 1.82) is 0 Å². The summed E-state index contributed by atoms with van der Waals surface area (Å²) in [5, 5.41) is 10.6. The average Bonchev–Trinajstić information content (AvgIpc) is 2.85. The van der Waals surface area contributed by atoms with Crippen LogP contribution in [0.5, 0.6) is 5.75 Å². The van der Waals surface area contributed by atoms with Crippen molar-refractivity contribution >= 4 is 17.6 Å². The van der Waals surface area contributed by atoms with Gasteiger partial charge < -0.3 is 14.8 Å². The number of anilines is 1. The quantitative estimate of drug-likeness (QED) is 0.848. The minimum absolute atomic E-state index is 0.0157. The highest BCUT2D eigenvalue weighted by Crippen LogP contribution is 2.29. The highest BCUT2D eigenvalue weighted by atomic mass is 16.5. The summed E-state index contributed by atoms with van der Waals surface area (Å²) < 4.78 is 11.6. The molecule has 114 valence electrons. The predicted octanol–water partition coefficient (Wildman–Crippen LogP) is 0.947. The molecular formula is C14H14N4O4. The third-order valence-corrected chi connectivity index (χ3v) is 3.27. The van der Waals surface area contributed by atoms with Crippen LogP contribution < -0.4 is 10.1 Å². The van der Waals surface area contributed by atoms with Gasteiger partial charge in [-0.05, 0) is 19.1 Å². The molecule has 1 aliphatic rings. The Morgan fingerprint density at radius 1 is 1.45 bits per heavy atom. The second-order valence-corrected chi connectivity index (χ2v) is 4.63. The number of methoxy groups -OCH3 is 1. The van der Waals surface area contributed by atoms with Crippen LogP contribution in [-0.4, -0.2) is 40.6 Å². The monoisotopic (exact) mass is 302 g/mol. The zero-order chi connectivity index (χ0) is 15.7. The Morgan fingerprint density at radius 3 is 3.00 bits per heavy atom. The smallest absolute Gasteiger partial charge is 0.360 e. The van der Waals surface area contributed by atoms with Gasteiger partial charge in [-0.3, -0.25) is 4.79 Å². The fourth-order valence-electron chi connectivity index (χ4n) is 2.28. The van der Waals surface area contributed by atoms with Crippen LogP contribution in [0.1, 0.15) is 23.1 Å². The number of benzene rings is 1. The van der Waals surface area contributed by atoms with E-state index in [0.29, 0.717) is 22.8 Å². The van der Waals surface area contributed by atoms with Gasteiger partial charge in [-0.15, -0.1) is 5.10 Å². The Kier molecular flexibility index (Phi) is 3.50. The summed E-state index contributed by atoms with van der Waals surface area (Å²) in [5.74, 6) is -0.241. The minimum atomic E-state index is -0.595. The van der Waals surface area contributed by atoms with Crippen LogP contribution in [0.2, 0.25) is 0 Å². The Hall–Kier alpha value is -2.90. The van der Waals surface area contributed by atoms with E-state index in [4.69, 9.17) is 9.47 Å². The first-order valence-corrected chi connectivity index (χ1v) is 6.74. The Labute approximate surface area is 126 Å². The molecule has 8 nitrogen and oxygen atoms in total. The van der Waals surface area contributed by atoms with Crippen LogP contribution in [0.15, 0.2) is 18.2 Å². The lowest BCUT2D eigenvalue weighted by atomic mass is 10.2. The maximum Gasteiger partial charge on any atom is 0.360 e. The topological polar surface area (TPSA) is 95.3 Å². The van der Waals surface area contributed by atoms with Crippen LogP contribution in [0.25, 0.3) is 5.69 Å². The van der Waals surface area contributed by atoms with Crippen molar-refractivity contribution < 1.29 is 19.1 Å². The molecule has 3 rings (SSSR count). The average molecular weight is 302 g/mol. The number of amides is 1. The molecule has 1 N–H and O–H groups in total. The molecule has 0 bridgehead atoms. The molecule has 1 aromatic carbocycles. The summed E-state index contributed by atoms with van der Waals surface area (Å²) in [5.41, 5.74) is 1.60. The molecule has 2 aromatic rings. The van der Waals surface area contributed by atoms with E-state index in [-0.39, 0.29) is 24.6 Å². The Bertz CT molecular complexity index is 753. The van der Waals surface area contributed by atoms with Gasteiger partial charge in [0.2, 0.25) is 5.91 Å². The standard InChI is InChI=1S/C14H14N4O4/c1-3-22-14(20)13-11-7-12(19)15-9-5-4-8(21-2)6-10(9)18(11)17-16-13/h4-6H,3,7H2,1-2H3,(H,15,19). The number of nitrogens with zero attached hydrogens (tertiary/aromatic N) is 3. The van der Waals surface area contributed by atoms with Gasteiger partial charge in [0.15, 0.2) is 5.69 Å². The number of aromatic nitrogens is 3. The number of esters is 1. The van der Waals surface area contributed by atoms with Crippen molar-refractivity contribution in [2.24, 2.45) is 0 Å². The fourth-order valence-corrected chi connectivity index (χ4v) is 2.28. The van der Waals surface area contributed by atoms with Gasteiger partial charge in [0.25, 0.3) is 0 Å². The SMILES string of the molecule is CCOC(=O)c1nnn2c1CC(=O)Nc1ccc(OC)cc1-2. The molecule has 0 spiro atoms. The lowest BCUT2D eigenvalue weighted by Gasteiger charge is -2.09. The highest BCUT2D eigenvalue weighted by molar-refractivity contribution is 5.98. The molecule has 1 aromatic heterocycles. The molecule has 1 amide bonds. The van der Waals surface area contributed by atoms with E-state index in [1.165, 1.54) is 4.68 Å². The fraction of sp³-hybridized carbons (Fsp3) is 0.286. The molecule has 0 atom stereocenters. The maximum atomic E-state index is 12.0. The Balaban J connectivity index is 2.16. The number of nitrogens with one attached hydrogen (secondary N) is 1. The highest BCUT2D eigenvalue weighted by Gasteiger charge is 2.27. The second-order valence-electron chi connectivity index (χ2n) is 4.63. The first-order valence-electron chi connectivity index (χ1n) is 6.74. The van der Waals surface area contributed by atoms with Crippen molar-refractivity contribution in [2.75, 3.05) is 19.0 Å². The number of hydrogen-bond acceptors (Lipinski definition) is 6. The molecule has 0 radical (unpaired) electrons. The van der Waals surface area contributed by atoms with Crippen LogP contribution in [0, 0.1) is 0 Å². The molecule has 0 aliphatic carbocycles. The van der Waals surface area contributed by atoms with Gasteiger partial charge in [-0.25, -0.2) is 9.48 Å². The van der Waals surface area contributed by atoms with E-state index >= 15 is 0 Å².